The second kappa shape index (κ2) is 6.09. The van der Waals surface area contributed by atoms with Crippen molar-refractivity contribution in [3.05, 3.63) is 63.7 Å². The minimum absolute atomic E-state index is 0.377. The Labute approximate surface area is 119 Å². The molecule has 0 saturated heterocycles. The van der Waals surface area contributed by atoms with E-state index in [9.17, 15) is 0 Å². The molecule has 0 saturated carbocycles. The molecule has 0 unspecified atom stereocenters. The minimum Gasteiger partial charge on any atom is -0.489 e. The first-order chi connectivity index (χ1) is 9.10. The van der Waals surface area contributed by atoms with Crippen LogP contribution in [-0.4, -0.2) is 0 Å². The highest BCUT2D eigenvalue weighted by Crippen LogP contribution is 2.26. The Hall–Kier alpha value is -1.51. The maximum Gasteiger partial charge on any atom is 0.125 e. The highest BCUT2D eigenvalue weighted by atomic mass is 35.5. The molecule has 0 fully saturated rings. The van der Waals surface area contributed by atoms with E-state index in [1.165, 1.54) is 11.1 Å². The lowest BCUT2D eigenvalue weighted by molar-refractivity contribution is 0.303. The zero-order valence-corrected chi connectivity index (χ0v) is 12.0. The van der Waals surface area contributed by atoms with Gasteiger partial charge < -0.3 is 10.5 Å². The molecule has 0 heterocycles. The van der Waals surface area contributed by atoms with E-state index in [1.54, 1.807) is 0 Å². The molecular weight excluding hydrogens is 258 g/mol. The minimum atomic E-state index is 0.377. The molecule has 2 rings (SSSR count). The summed E-state index contributed by atoms with van der Waals surface area (Å²) < 4.78 is 5.84. The summed E-state index contributed by atoms with van der Waals surface area (Å²) in [6.07, 6.45) is 0. The normalized spacial score (nSPS) is 10.5. The molecule has 0 amide bonds. The third-order valence-corrected chi connectivity index (χ3v) is 3.31. The van der Waals surface area contributed by atoms with Crippen LogP contribution < -0.4 is 10.5 Å². The maximum atomic E-state index is 6.10. The van der Waals surface area contributed by atoms with Crippen LogP contribution in [0, 0.1) is 13.8 Å². The Morgan fingerprint density at radius 3 is 2.42 bits per heavy atom. The van der Waals surface area contributed by atoms with Crippen LogP contribution in [0.5, 0.6) is 5.75 Å². The molecule has 3 heteroatoms. The third-order valence-electron chi connectivity index (χ3n) is 2.96. The summed E-state index contributed by atoms with van der Waals surface area (Å²) in [5.41, 5.74) is 10.2. The Balaban J connectivity index is 2.16. The van der Waals surface area contributed by atoms with Gasteiger partial charge >= 0.3 is 0 Å². The fraction of sp³-hybridized carbons (Fsp3) is 0.250. The van der Waals surface area contributed by atoms with Gasteiger partial charge in [-0.3, -0.25) is 0 Å². The molecule has 0 aliphatic rings. The smallest absolute Gasteiger partial charge is 0.125 e. The predicted molar refractivity (Wildman–Crippen MR) is 79.6 cm³/mol. The van der Waals surface area contributed by atoms with Crippen molar-refractivity contribution in [1.29, 1.82) is 0 Å². The lowest BCUT2D eigenvalue weighted by atomic mass is 10.1. The van der Waals surface area contributed by atoms with Crippen LogP contribution in [0.15, 0.2) is 36.4 Å². The van der Waals surface area contributed by atoms with Gasteiger partial charge in [-0.1, -0.05) is 47.0 Å². The van der Waals surface area contributed by atoms with E-state index in [4.69, 9.17) is 22.1 Å². The number of rotatable bonds is 4. The number of benzene rings is 2. The summed E-state index contributed by atoms with van der Waals surface area (Å²) in [6, 6.07) is 12.0. The number of ether oxygens (including phenoxy) is 1. The van der Waals surface area contributed by atoms with Crippen molar-refractivity contribution < 1.29 is 4.74 Å². The number of aryl methyl sites for hydroxylation is 2. The number of halogens is 1. The quantitative estimate of drug-likeness (QED) is 0.915. The summed E-state index contributed by atoms with van der Waals surface area (Å²) in [4.78, 5) is 0. The summed E-state index contributed by atoms with van der Waals surface area (Å²) in [5, 5.41) is 0.653. The second-order valence-corrected chi connectivity index (χ2v) is 5.11. The first-order valence-electron chi connectivity index (χ1n) is 6.27. The summed E-state index contributed by atoms with van der Waals surface area (Å²) in [5.74, 6) is 0.758. The Morgan fingerprint density at radius 1 is 1.11 bits per heavy atom. The van der Waals surface area contributed by atoms with Crippen molar-refractivity contribution >= 4 is 11.6 Å². The Morgan fingerprint density at radius 2 is 1.79 bits per heavy atom. The van der Waals surface area contributed by atoms with Crippen molar-refractivity contribution in [1.82, 2.24) is 0 Å². The van der Waals surface area contributed by atoms with Crippen molar-refractivity contribution in [3.8, 4) is 5.75 Å². The van der Waals surface area contributed by atoms with Gasteiger partial charge in [-0.05, 0) is 31.5 Å². The largest absolute Gasteiger partial charge is 0.489 e. The van der Waals surface area contributed by atoms with Gasteiger partial charge in [0.1, 0.15) is 12.4 Å². The molecular formula is C16H18ClNO. The number of hydrogen-bond donors (Lipinski definition) is 1. The van der Waals surface area contributed by atoms with Crippen LogP contribution in [-0.2, 0) is 13.2 Å². The van der Waals surface area contributed by atoms with Crippen LogP contribution in [0.25, 0.3) is 0 Å². The number of hydrogen-bond acceptors (Lipinski definition) is 2. The van der Waals surface area contributed by atoms with E-state index in [0.29, 0.717) is 18.2 Å². The molecule has 2 N–H and O–H groups in total. The third kappa shape index (κ3) is 3.49. The topological polar surface area (TPSA) is 35.2 Å². The predicted octanol–water partition coefficient (Wildman–Crippen LogP) is 3.99. The van der Waals surface area contributed by atoms with Crippen molar-refractivity contribution in [2.75, 3.05) is 0 Å². The molecule has 19 heavy (non-hydrogen) atoms. The molecule has 0 spiro atoms. The lowest BCUT2D eigenvalue weighted by Crippen LogP contribution is -2.03. The molecule has 0 radical (unpaired) electrons. The van der Waals surface area contributed by atoms with Gasteiger partial charge in [-0.2, -0.15) is 0 Å². The lowest BCUT2D eigenvalue weighted by Gasteiger charge is -2.12. The Kier molecular flexibility index (Phi) is 4.46. The average molecular weight is 276 g/mol. The van der Waals surface area contributed by atoms with Gasteiger partial charge in [0, 0.05) is 17.1 Å². The van der Waals surface area contributed by atoms with Gasteiger partial charge in [0.2, 0.25) is 0 Å². The average Bonchev–Trinajstić information content (AvgIpc) is 2.35. The maximum absolute atomic E-state index is 6.10. The summed E-state index contributed by atoms with van der Waals surface area (Å²) in [7, 11) is 0. The highest BCUT2D eigenvalue weighted by Gasteiger charge is 2.06. The SMILES string of the molecule is Cc1cc(C)cc(COc2cccc(Cl)c2CN)c1. The van der Waals surface area contributed by atoms with E-state index in [0.717, 1.165) is 16.9 Å². The summed E-state index contributed by atoms with van der Waals surface area (Å²) in [6.45, 7) is 5.07. The van der Waals surface area contributed by atoms with Crippen LogP contribution >= 0.6 is 11.6 Å². The zero-order chi connectivity index (χ0) is 13.8. The van der Waals surface area contributed by atoms with E-state index < -0.39 is 0 Å². The standard InChI is InChI=1S/C16H18ClNO/c1-11-6-12(2)8-13(7-11)10-19-16-5-3-4-15(17)14(16)9-18/h3-8H,9-10,18H2,1-2H3. The van der Waals surface area contributed by atoms with E-state index >= 15 is 0 Å². The molecule has 2 aromatic rings. The van der Waals surface area contributed by atoms with Gasteiger partial charge in [-0.15, -0.1) is 0 Å². The molecule has 0 atom stereocenters. The molecule has 2 nitrogen and oxygen atoms in total. The van der Waals surface area contributed by atoms with E-state index in [1.807, 2.05) is 18.2 Å². The molecule has 0 aliphatic heterocycles. The fourth-order valence-electron chi connectivity index (χ4n) is 2.19. The second-order valence-electron chi connectivity index (χ2n) is 4.71. The first-order valence-corrected chi connectivity index (χ1v) is 6.65. The van der Waals surface area contributed by atoms with Gasteiger partial charge in [-0.25, -0.2) is 0 Å². The van der Waals surface area contributed by atoms with Crippen molar-refractivity contribution in [3.63, 3.8) is 0 Å². The van der Waals surface area contributed by atoms with Crippen LogP contribution in [0.2, 0.25) is 5.02 Å². The van der Waals surface area contributed by atoms with E-state index in [-0.39, 0.29) is 0 Å². The van der Waals surface area contributed by atoms with Crippen LogP contribution in [0.3, 0.4) is 0 Å². The Bertz CT molecular complexity index is 561. The summed E-state index contributed by atoms with van der Waals surface area (Å²) >= 11 is 6.10. The molecule has 0 aliphatic carbocycles. The van der Waals surface area contributed by atoms with Gasteiger partial charge in [0.15, 0.2) is 0 Å². The van der Waals surface area contributed by atoms with Crippen LogP contribution in [0.1, 0.15) is 22.3 Å². The van der Waals surface area contributed by atoms with Crippen molar-refractivity contribution in [2.45, 2.75) is 27.0 Å². The monoisotopic (exact) mass is 275 g/mol. The van der Waals surface area contributed by atoms with E-state index in [2.05, 4.69) is 32.0 Å². The first kappa shape index (κ1) is 13.9. The van der Waals surface area contributed by atoms with Gasteiger partial charge in [0.25, 0.3) is 0 Å². The molecule has 2 aromatic carbocycles. The number of nitrogens with two attached hydrogens (primary N) is 1. The molecule has 100 valence electrons. The van der Waals surface area contributed by atoms with Crippen molar-refractivity contribution in [2.24, 2.45) is 5.73 Å². The molecule has 0 bridgehead atoms. The van der Waals surface area contributed by atoms with Crippen LogP contribution in [0.4, 0.5) is 0 Å². The molecule has 0 aromatic heterocycles. The van der Waals surface area contributed by atoms with Gasteiger partial charge in [0.05, 0.1) is 0 Å². The highest BCUT2D eigenvalue weighted by molar-refractivity contribution is 6.31. The zero-order valence-electron chi connectivity index (χ0n) is 11.2. The fourth-order valence-corrected chi connectivity index (χ4v) is 2.43.